The third-order valence-corrected chi connectivity index (χ3v) is 3.54. The lowest BCUT2D eigenvalue weighted by Gasteiger charge is -2.23. The molecule has 2 heterocycles. The quantitative estimate of drug-likeness (QED) is 0.661. The van der Waals surface area contributed by atoms with Crippen molar-refractivity contribution in [2.24, 2.45) is 5.73 Å². The lowest BCUT2D eigenvalue weighted by atomic mass is 10.2. The average molecular weight is 211 g/mol. The van der Waals surface area contributed by atoms with Gasteiger partial charge in [0.2, 0.25) is 0 Å². The highest BCUT2D eigenvalue weighted by molar-refractivity contribution is 7.95. The van der Waals surface area contributed by atoms with E-state index in [4.69, 9.17) is 5.73 Å². The predicted octanol–water partition coefficient (Wildman–Crippen LogP) is 0.118. The number of fused-ring (bicyclic) bond motifs is 1. The molecule has 0 saturated carbocycles. The maximum absolute atomic E-state index is 11.5. The number of aromatic nitrogens is 1. The van der Waals surface area contributed by atoms with Gasteiger partial charge < -0.3 is 5.73 Å². The molecule has 1 aromatic rings. The Hall–Kier alpha value is -1.56. The molecule has 0 unspecified atom stereocenters. The molecule has 0 atom stereocenters. The van der Waals surface area contributed by atoms with E-state index >= 15 is 0 Å². The van der Waals surface area contributed by atoms with Gasteiger partial charge in [-0.25, -0.2) is 13.4 Å². The number of nitrogens with two attached hydrogens (primary N) is 1. The van der Waals surface area contributed by atoms with E-state index in [1.54, 1.807) is 12.1 Å². The Morgan fingerprint density at radius 2 is 2.21 bits per heavy atom. The standard InChI is InChI=1S/C8H9N3O2S/c1-11-8-6(3-2-4-10-8)7(9)5-14(11,12)13/h2-5H,9H2,1H3. The van der Waals surface area contributed by atoms with Crippen LogP contribution in [-0.4, -0.2) is 20.4 Å². The summed E-state index contributed by atoms with van der Waals surface area (Å²) < 4.78 is 24.1. The van der Waals surface area contributed by atoms with Crippen molar-refractivity contribution < 1.29 is 8.42 Å². The van der Waals surface area contributed by atoms with E-state index in [9.17, 15) is 8.42 Å². The topological polar surface area (TPSA) is 76.3 Å². The molecule has 0 aliphatic carbocycles. The van der Waals surface area contributed by atoms with Crippen LogP contribution in [0.5, 0.6) is 0 Å². The smallest absolute Gasteiger partial charge is 0.260 e. The predicted molar refractivity (Wildman–Crippen MR) is 53.7 cm³/mol. The lowest BCUT2D eigenvalue weighted by Crippen LogP contribution is -2.30. The van der Waals surface area contributed by atoms with E-state index in [0.717, 1.165) is 9.71 Å². The second-order valence-electron chi connectivity index (χ2n) is 2.96. The Labute approximate surface area is 81.9 Å². The molecule has 2 rings (SSSR count). The van der Waals surface area contributed by atoms with Gasteiger partial charge in [0.15, 0.2) is 5.82 Å². The van der Waals surface area contributed by atoms with Crippen molar-refractivity contribution in [2.75, 3.05) is 11.4 Å². The molecule has 0 aromatic carbocycles. The summed E-state index contributed by atoms with van der Waals surface area (Å²) in [5, 5.41) is 1.04. The normalized spacial score (nSPS) is 18.6. The van der Waals surface area contributed by atoms with Crippen LogP contribution >= 0.6 is 0 Å². The maximum atomic E-state index is 11.5. The van der Waals surface area contributed by atoms with Crippen LogP contribution in [0.15, 0.2) is 23.7 Å². The van der Waals surface area contributed by atoms with Crippen molar-refractivity contribution in [2.45, 2.75) is 0 Å². The van der Waals surface area contributed by atoms with Crippen LogP contribution < -0.4 is 10.0 Å². The van der Waals surface area contributed by atoms with Crippen LogP contribution in [0.4, 0.5) is 5.82 Å². The van der Waals surface area contributed by atoms with E-state index in [0.29, 0.717) is 11.4 Å². The van der Waals surface area contributed by atoms with Crippen molar-refractivity contribution in [3.63, 3.8) is 0 Å². The number of rotatable bonds is 0. The highest BCUT2D eigenvalue weighted by Gasteiger charge is 2.26. The van der Waals surface area contributed by atoms with Gasteiger partial charge in [0.1, 0.15) is 0 Å². The first-order valence-corrected chi connectivity index (χ1v) is 5.44. The summed E-state index contributed by atoms with van der Waals surface area (Å²) in [4.78, 5) is 3.97. The molecule has 0 amide bonds. The molecular formula is C8H9N3O2S. The molecule has 0 fully saturated rings. The number of sulfonamides is 1. The van der Waals surface area contributed by atoms with Gasteiger partial charge in [-0.05, 0) is 12.1 Å². The fraction of sp³-hybridized carbons (Fsp3) is 0.125. The number of hydrogen-bond acceptors (Lipinski definition) is 4. The van der Waals surface area contributed by atoms with Crippen molar-refractivity contribution in [3.05, 3.63) is 29.3 Å². The fourth-order valence-electron chi connectivity index (χ4n) is 1.30. The SMILES string of the molecule is CN1c2ncccc2C(N)=CS1(=O)=O. The first-order valence-electron chi connectivity index (χ1n) is 3.94. The van der Waals surface area contributed by atoms with E-state index < -0.39 is 10.0 Å². The van der Waals surface area contributed by atoms with Gasteiger partial charge in [-0.1, -0.05) is 0 Å². The Balaban J connectivity index is 2.75. The molecule has 5 nitrogen and oxygen atoms in total. The van der Waals surface area contributed by atoms with Gasteiger partial charge in [-0.2, -0.15) is 0 Å². The third-order valence-electron chi connectivity index (χ3n) is 2.05. The van der Waals surface area contributed by atoms with Crippen LogP contribution in [-0.2, 0) is 10.0 Å². The largest absolute Gasteiger partial charge is 0.398 e. The molecule has 2 N–H and O–H groups in total. The van der Waals surface area contributed by atoms with Crippen molar-refractivity contribution in [1.82, 2.24) is 4.98 Å². The third kappa shape index (κ3) is 1.15. The summed E-state index contributed by atoms with van der Waals surface area (Å²) in [7, 11) is -1.99. The van der Waals surface area contributed by atoms with Crippen molar-refractivity contribution in [3.8, 4) is 0 Å². The zero-order valence-electron chi connectivity index (χ0n) is 7.51. The molecule has 0 bridgehead atoms. The monoisotopic (exact) mass is 211 g/mol. The van der Waals surface area contributed by atoms with Gasteiger partial charge in [-0.3, -0.25) is 4.31 Å². The van der Waals surface area contributed by atoms with Crippen LogP contribution in [0.2, 0.25) is 0 Å². The summed E-state index contributed by atoms with van der Waals surface area (Å²) in [6.07, 6.45) is 1.53. The van der Waals surface area contributed by atoms with Crippen LogP contribution in [0.3, 0.4) is 0 Å². The summed E-state index contributed by atoms with van der Waals surface area (Å²) in [6, 6.07) is 3.45. The van der Waals surface area contributed by atoms with E-state index in [1.165, 1.54) is 13.2 Å². The van der Waals surface area contributed by atoms with E-state index in [1.807, 2.05) is 0 Å². The molecule has 0 radical (unpaired) electrons. The minimum Gasteiger partial charge on any atom is -0.398 e. The molecule has 1 aliphatic heterocycles. The molecule has 6 heteroatoms. The molecule has 14 heavy (non-hydrogen) atoms. The Morgan fingerprint density at radius 1 is 1.50 bits per heavy atom. The molecule has 0 saturated heterocycles. The zero-order chi connectivity index (χ0) is 10.3. The highest BCUT2D eigenvalue weighted by atomic mass is 32.2. The molecular weight excluding hydrogens is 202 g/mol. The highest BCUT2D eigenvalue weighted by Crippen LogP contribution is 2.28. The zero-order valence-corrected chi connectivity index (χ0v) is 8.32. The number of anilines is 1. The minimum absolute atomic E-state index is 0.228. The molecule has 1 aliphatic rings. The Bertz CT molecular complexity index is 507. The summed E-state index contributed by atoms with van der Waals surface area (Å²) in [5.41, 5.74) is 6.47. The first kappa shape index (κ1) is 9.01. The molecule has 1 aromatic heterocycles. The van der Waals surface area contributed by atoms with Gasteiger partial charge >= 0.3 is 0 Å². The second kappa shape index (κ2) is 2.71. The fourth-order valence-corrected chi connectivity index (χ4v) is 2.29. The van der Waals surface area contributed by atoms with Gasteiger partial charge in [0.25, 0.3) is 10.0 Å². The van der Waals surface area contributed by atoms with E-state index in [-0.39, 0.29) is 5.70 Å². The van der Waals surface area contributed by atoms with Gasteiger partial charge in [0, 0.05) is 18.8 Å². The summed E-state index contributed by atoms with van der Waals surface area (Å²) in [5.74, 6) is 0.368. The Morgan fingerprint density at radius 3 is 2.93 bits per heavy atom. The number of pyridine rings is 1. The maximum Gasteiger partial charge on any atom is 0.260 e. The Kier molecular flexibility index (Phi) is 1.75. The molecule has 74 valence electrons. The van der Waals surface area contributed by atoms with Crippen molar-refractivity contribution in [1.29, 1.82) is 0 Å². The first-order chi connectivity index (χ1) is 6.52. The van der Waals surface area contributed by atoms with E-state index in [2.05, 4.69) is 4.98 Å². The van der Waals surface area contributed by atoms with Crippen LogP contribution in [0.25, 0.3) is 5.70 Å². The van der Waals surface area contributed by atoms with Crippen molar-refractivity contribution >= 4 is 21.5 Å². The van der Waals surface area contributed by atoms with Gasteiger partial charge in [-0.15, -0.1) is 0 Å². The minimum atomic E-state index is -3.44. The number of hydrogen-bond donors (Lipinski definition) is 1. The molecule has 0 spiro atoms. The second-order valence-corrected chi connectivity index (χ2v) is 4.77. The van der Waals surface area contributed by atoms with Gasteiger partial charge in [0.05, 0.1) is 11.1 Å². The number of nitrogens with zero attached hydrogens (tertiary/aromatic N) is 2. The van der Waals surface area contributed by atoms with Crippen LogP contribution in [0.1, 0.15) is 5.56 Å². The average Bonchev–Trinajstić information content (AvgIpc) is 2.14. The lowest BCUT2D eigenvalue weighted by molar-refractivity contribution is 0.602. The summed E-state index contributed by atoms with van der Waals surface area (Å²) in [6.45, 7) is 0. The summed E-state index contributed by atoms with van der Waals surface area (Å²) >= 11 is 0. The van der Waals surface area contributed by atoms with Crippen LogP contribution in [0, 0.1) is 0 Å².